The van der Waals surface area contributed by atoms with E-state index in [0.717, 1.165) is 6.42 Å². The van der Waals surface area contributed by atoms with Gasteiger partial charge >= 0.3 is 0 Å². The van der Waals surface area contributed by atoms with Crippen LogP contribution in [-0.4, -0.2) is 4.57 Å². The van der Waals surface area contributed by atoms with Crippen molar-refractivity contribution >= 4 is 23.1 Å². The molecule has 0 atom stereocenters. The molecule has 2 aromatic rings. The van der Waals surface area contributed by atoms with E-state index in [1.807, 2.05) is 27.7 Å². The molecule has 0 amide bonds. The number of nitrogens with zero attached hydrogens (tertiary/aromatic N) is 1. The van der Waals surface area contributed by atoms with Crippen molar-refractivity contribution < 1.29 is 0 Å². The van der Waals surface area contributed by atoms with Gasteiger partial charge < -0.3 is 4.57 Å². The van der Waals surface area contributed by atoms with E-state index in [1.165, 1.54) is 22.2 Å². The van der Waals surface area contributed by atoms with E-state index in [4.69, 9.17) is 0 Å². The van der Waals surface area contributed by atoms with Gasteiger partial charge in [0.1, 0.15) is 0 Å². The van der Waals surface area contributed by atoms with Gasteiger partial charge in [0.15, 0.2) is 0 Å². The van der Waals surface area contributed by atoms with Gasteiger partial charge in [0.2, 0.25) is 0 Å². The molecule has 1 heteroatoms. The largest absolute Gasteiger partial charge is 0.344 e. The summed E-state index contributed by atoms with van der Waals surface area (Å²) in [5.74, 6) is 0. The van der Waals surface area contributed by atoms with Gasteiger partial charge in [-0.2, -0.15) is 0 Å². The van der Waals surface area contributed by atoms with Crippen LogP contribution >= 0.6 is 0 Å². The molecule has 1 aliphatic carbocycles. The topological polar surface area (TPSA) is 4.93 Å². The third-order valence-corrected chi connectivity index (χ3v) is 3.03. The number of aryl methyl sites for hydroxylation is 1. The zero-order chi connectivity index (χ0) is 14.3. The van der Waals surface area contributed by atoms with Crippen molar-refractivity contribution in [3.8, 4) is 0 Å². The second kappa shape index (κ2) is 7.63. The molecule has 0 saturated carbocycles. The molecule has 1 aromatic heterocycles. The minimum atomic E-state index is 1.03. The maximum Gasteiger partial charge on any atom is 0.0488 e. The van der Waals surface area contributed by atoms with Gasteiger partial charge in [-0.05, 0) is 18.6 Å². The molecule has 0 bridgehead atoms. The lowest BCUT2D eigenvalue weighted by atomic mass is 10.1. The van der Waals surface area contributed by atoms with E-state index in [9.17, 15) is 0 Å². The minimum Gasteiger partial charge on any atom is -0.344 e. The molecule has 0 unspecified atom stereocenters. The number of hydrogen-bond acceptors (Lipinski definition) is 0. The highest BCUT2D eigenvalue weighted by Gasteiger charge is 2.10. The van der Waals surface area contributed by atoms with Crippen LogP contribution in [0.2, 0.25) is 0 Å². The quantitative estimate of drug-likeness (QED) is 0.572. The van der Waals surface area contributed by atoms with Crippen LogP contribution < -0.4 is 0 Å². The summed E-state index contributed by atoms with van der Waals surface area (Å²) in [7, 11) is 2.13. The monoisotopic (exact) mass is 255 g/mol. The summed E-state index contributed by atoms with van der Waals surface area (Å²) < 4.78 is 2.26. The number of rotatable bonds is 0. The normalized spacial score (nSPS) is 11.8. The Labute approximate surface area is 117 Å². The summed E-state index contributed by atoms with van der Waals surface area (Å²) in [5, 5.41) is 1.35. The summed E-state index contributed by atoms with van der Waals surface area (Å²) >= 11 is 0. The van der Waals surface area contributed by atoms with Crippen LogP contribution in [0.5, 0.6) is 0 Å². The van der Waals surface area contributed by atoms with E-state index in [0.29, 0.717) is 0 Å². The Morgan fingerprint density at radius 3 is 2.26 bits per heavy atom. The Morgan fingerprint density at radius 1 is 0.895 bits per heavy atom. The van der Waals surface area contributed by atoms with Crippen molar-refractivity contribution in [2.45, 2.75) is 34.1 Å². The van der Waals surface area contributed by atoms with E-state index >= 15 is 0 Å². The fraction of sp³-hybridized carbons (Fsp3) is 0.333. The number of aromatic nitrogens is 1. The maximum atomic E-state index is 2.26. The van der Waals surface area contributed by atoms with Crippen LogP contribution in [0.15, 0.2) is 36.4 Å². The lowest BCUT2D eigenvalue weighted by molar-refractivity contribution is 0.953. The van der Waals surface area contributed by atoms with Crippen molar-refractivity contribution in [3.63, 3.8) is 0 Å². The predicted octanol–water partition coefficient (Wildman–Crippen LogP) is 5.66. The van der Waals surface area contributed by atoms with E-state index in [1.54, 1.807) is 0 Å². The van der Waals surface area contributed by atoms with Crippen LogP contribution in [0.3, 0.4) is 0 Å². The molecule has 19 heavy (non-hydrogen) atoms. The second-order valence-electron chi connectivity index (χ2n) is 3.92. The minimum absolute atomic E-state index is 1.03. The highest BCUT2D eigenvalue weighted by Crippen LogP contribution is 2.28. The van der Waals surface area contributed by atoms with Crippen molar-refractivity contribution in [3.05, 3.63) is 47.7 Å². The van der Waals surface area contributed by atoms with Crippen LogP contribution in [0.25, 0.3) is 23.1 Å². The Hall–Kier alpha value is -1.76. The Kier molecular flexibility index (Phi) is 6.14. The fourth-order valence-electron chi connectivity index (χ4n) is 2.26. The Bertz CT molecular complexity index is 571. The zero-order valence-corrected chi connectivity index (χ0v) is 12.8. The van der Waals surface area contributed by atoms with Crippen LogP contribution in [0.1, 0.15) is 45.4 Å². The average Bonchev–Trinajstić information content (AvgIpc) is 2.68. The SMILES string of the molecule is CC.CC.Cn1c2c(c3ccccc31)C=CCC=C2. The maximum absolute atomic E-state index is 2.26. The Balaban J connectivity index is 0.000000415. The molecule has 1 aliphatic rings. The van der Waals surface area contributed by atoms with Gasteiger partial charge in [-0.15, -0.1) is 0 Å². The Morgan fingerprint density at radius 2 is 1.53 bits per heavy atom. The fourth-order valence-corrected chi connectivity index (χ4v) is 2.26. The van der Waals surface area contributed by atoms with Crippen LogP contribution in [-0.2, 0) is 7.05 Å². The smallest absolute Gasteiger partial charge is 0.0488 e. The van der Waals surface area contributed by atoms with Crippen molar-refractivity contribution in [1.29, 1.82) is 0 Å². The van der Waals surface area contributed by atoms with Crippen LogP contribution in [0.4, 0.5) is 0 Å². The molecule has 1 nitrogen and oxygen atoms in total. The summed E-state index contributed by atoms with van der Waals surface area (Å²) in [6.07, 6.45) is 9.91. The number of para-hydroxylation sites is 1. The number of fused-ring (bicyclic) bond motifs is 3. The second-order valence-corrected chi connectivity index (χ2v) is 3.92. The number of allylic oxidation sites excluding steroid dienone is 2. The van der Waals surface area contributed by atoms with E-state index < -0.39 is 0 Å². The molecule has 0 radical (unpaired) electrons. The first-order chi connectivity index (χ1) is 9.38. The molecule has 0 N–H and O–H groups in total. The first-order valence-corrected chi connectivity index (χ1v) is 7.28. The summed E-state index contributed by atoms with van der Waals surface area (Å²) in [5.41, 5.74) is 3.96. The summed E-state index contributed by atoms with van der Waals surface area (Å²) in [6, 6.07) is 8.56. The standard InChI is InChI=1S/C14H13N.2C2H6/c1-15-13-9-4-2-3-7-11(13)12-8-5-6-10-14(12)15;2*1-2/h3-10H,2H2,1H3;2*1-2H3. The van der Waals surface area contributed by atoms with Crippen molar-refractivity contribution in [1.82, 2.24) is 4.57 Å². The van der Waals surface area contributed by atoms with Crippen molar-refractivity contribution in [2.24, 2.45) is 7.05 Å². The van der Waals surface area contributed by atoms with Gasteiger partial charge in [-0.1, -0.05) is 64.1 Å². The van der Waals surface area contributed by atoms with Gasteiger partial charge in [-0.25, -0.2) is 0 Å². The highest BCUT2D eigenvalue weighted by atomic mass is 14.9. The molecule has 1 aromatic carbocycles. The number of benzene rings is 1. The average molecular weight is 255 g/mol. The first kappa shape index (κ1) is 15.3. The van der Waals surface area contributed by atoms with Gasteiger partial charge in [0.05, 0.1) is 0 Å². The molecule has 0 spiro atoms. The molecular formula is C18H25N. The third kappa shape index (κ3) is 2.98. The van der Waals surface area contributed by atoms with Gasteiger partial charge in [0.25, 0.3) is 0 Å². The number of hydrogen-bond donors (Lipinski definition) is 0. The van der Waals surface area contributed by atoms with Crippen LogP contribution in [0, 0.1) is 0 Å². The summed E-state index contributed by atoms with van der Waals surface area (Å²) in [4.78, 5) is 0. The molecule has 0 aliphatic heterocycles. The van der Waals surface area contributed by atoms with Gasteiger partial charge in [0, 0.05) is 29.2 Å². The lowest BCUT2D eigenvalue weighted by Crippen LogP contribution is -1.90. The van der Waals surface area contributed by atoms with Crippen molar-refractivity contribution in [2.75, 3.05) is 0 Å². The lowest BCUT2D eigenvalue weighted by Gasteiger charge is -1.98. The highest BCUT2D eigenvalue weighted by molar-refractivity contribution is 5.94. The molecule has 0 fully saturated rings. The molecule has 1 heterocycles. The first-order valence-electron chi connectivity index (χ1n) is 7.28. The molecule has 3 rings (SSSR count). The molecular weight excluding hydrogens is 230 g/mol. The van der Waals surface area contributed by atoms with Gasteiger partial charge in [-0.3, -0.25) is 0 Å². The molecule has 0 saturated heterocycles. The summed E-state index contributed by atoms with van der Waals surface area (Å²) in [6.45, 7) is 8.00. The van der Waals surface area contributed by atoms with E-state index in [2.05, 4.69) is 60.2 Å². The zero-order valence-electron chi connectivity index (χ0n) is 12.8. The molecule has 102 valence electrons. The predicted molar refractivity (Wildman–Crippen MR) is 88.3 cm³/mol. The third-order valence-electron chi connectivity index (χ3n) is 3.03. The van der Waals surface area contributed by atoms with E-state index in [-0.39, 0.29) is 0 Å².